The number of para-hydroxylation sites is 1. The van der Waals surface area contributed by atoms with Crippen LogP contribution in [-0.4, -0.2) is 43.3 Å². The zero-order chi connectivity index (χ0) is 15.4. The van der Waals surface area contributed by atoms with Crippen LogP contribution in [0.3, 0.4) is 0 Å². The van der Waals surface area contributed by atoms with Crippen molar-refractivity contribution in [2.75, 3.05) is 27.3 Å². The zero-order valence-corrected chi connectivity index (χ0v) is 13.4. The molecule has 0 amide bonds. The van der Waals surface area contributed by atoms with Crippen LogP contribution in [0.15, 0.2) is 30.3 Å². The molecule has 0 bridgehead atoms. The van der Waals surface area contributed by atoms with E-state index in [9.17, 15) is 0 Å². The molecular weight excluding hydrogens is 276 g/mol. The molecule has 1 aromatic heterocycles. The van der Waals surface area contributed by atoms with Crippen molar-refractivity contribution < 1.29 is 9.47 Å². The van der Waals surface area contributed by atoms with E-state index >= 15 is 0 Å². The molecule has 1 atom stereocenters. The molecule has 1 aromatic carbocycles. The summed E-state index contributed by atoms with van der Waals surface area (Å²) in [6.45, 7) is 2.70. The molecular formula is C18H24N2O2. The maximum absolute atomic E-state index is 5.81. The molecule has 4 heteroatoms. The summed E-state index contributed by atoms with van der Waals surface area (Å²) < 4.78 is 11.2. The Kier molecular flexibility index (Phi) is 4.90. The number of ether oxygens (including phenoxy) is 2. The molecule has 4 nitrogen and oxygen atoms in total. The summed E-state index contributed by atoms with van der Waals surface area (Å²) in [5, 5.41) is 1.11. The largest absolute Gasteiger partial charge is 0.494 e. The number of likely N-dealkylation sites (N-methyl/N-ethyl adjacent to an activating group) is 1. The minimum absolute atomic E-state index is 0.369. The molecule has 0 saturated carbocycles. The first-order valence-electron chi connectivity index (χ1n) is 7.99. The van der Waals surface area contributed by atoms with Gasteiger partial charge in [0.1, 0.15) is 11.3 Å². The lowest BCUT2D eigenvalue weighted by Crippen LogP contribution is -2.33. The number of methoxy groups -OCH3 is 1. The Morgan fingerprint density at radius 2 is 2.18 bits per heavy atom. The van der Waals surface area contributed by atoms with Gasteiger partial charge in [0.25, 0.3) is 0 Å². The topological polar surface area (TPSA) is 34.6 Å². The van der Waals surface area contributed by atoms with Crippen molar-refractivity contribution in [3.05, 3.63) is 36.0 Å². The van der Waals surface area contributed by atoms with Crippen LogP contribution in [0.2, 0.25) is 0 Å². The van der Waals surface area contributed by atoms with E-state index in [0.717, 1.165) is 42.0 Å². The van der Waals surface area contributed by atoms with Gasteiger partial charge in [-0.1, -0.05) is 18.2 Å². The number of fused-ring (bicyclic) bond motifs is 1. The second-order valence-electron chi connectivity index (χ2n) is 6.02. The first kappa shape index (κ1) is 15.3. The molecule has 0 N–H and O–H groups in total. The first-order chi connectivity index (χ1) is 10.8. The van der Waals surface area contributed by atoms with Gasteiger partial charge < -0.3 is 9.47 Å². The molecule has 22 heavy (non-hydrogen) atoms. The van der Waals surface area contributed by atoms with Crippen LogP contribution in [0.5, 0.6) is 5.75 Å². The van der Waals surface area contributed by atoms with Gasteiger partial charge in [-0.05, 0) is 38.4 Å². The molecule has 1 aliphatic rings. The molecule has 3 rings (SSSR count). The number of hydrogen-bond acceptors (Lipinski definition) is 4. The van der Waals surface area contributed by atoms with Crippen LogP contribution in [-0.2, 0) is 11.3 Å². The highest BCUT2D eigenvalue weighted by Gasteiger charge is 2.16. The third-order valence-corrected chi connectivity index (χ3v) is 4.18. The van der Waals surface area contributed by atoms with E-state index in [0.29, 0.717) is 6.10 Å². The van der Waals surface area contributed by atoms with Gasteiger partial charge in [0, 0.05) is 25.1 Å². The fourth-order valence-corrected chi connectivity index (χ4v) is 3.05. The number of hydrogen-bond donors (Lipinski definition) is 0. The molecule has 1 unspecified atom stereocenters. The molecule has 1 aliphatic heterocycles. The average molecular weight is 300 g/mol. The van der Waals surface area contributed by atoms with Crippen molar-refractivity contribution in [1.82, 2.24) is 9.88 Å². The second-order valence-corrected chi connectivity index (χ2v) is 6.02. The number of benzene rings is 1. The normalized spacial score (nSPS) is 18.8. The SMILES string of the molecule is COc1cccc2ccc(CN(C)CC3CCCCO3)nc12. The second kappa shape index (κ2) is 7.07. The maximum Gasteiger partial charge on any atom is 0.145 e. The van der Waals surface area contributed by atoms with Gasteiger partial charge in [0.05, 0.1) is 18.9 Å². The zero-order valence-electron chi connectivity index (χ0n) is 13.4. The molecule has 2 heterocycles. The molecule has 2 aromatic rings. The van der Waals surface area contributed by atoms with E-state index < -0.39 is 0 Å². The summed E-state index contributed by atoms with van der Waals surface area (Å²) in [5.41, 5.74) is 2.00. The summed E-state index contributed by atoms with van der Waals surface area (Å²) in [5.74, 6) is 0.831. The number of nitrogens with zero attached hydrogens (tertiary/aromatic N) is 2. The van der Waals surface area contributed by atoms with Gasteiger partial charge in [-0.3, -0.25) is 4.90 Å². The van der Waals surface area contributed by atoms with Crippen molar-refractivity contribution in [1.29, 1.82) is 0 Å². The van der Waals surface area contributed by atoms with E-state index in [1.165, 1.54) is 19.3 Å². The number of aromatic nitrogens is 1. The molecule has 1 fully saturated rings. The van der Waals surface area contributed by atoms with Crippen LogP contribution < -0.4 is 4.74 Å². The Morgan fingerprint density at radius 1 is 1.27 bits per heavy atom. The highest BCUT2D eigenvalue weighted by atomic mass is 16.5. The minimum atomic E-state index is 0.369. The van der Waals surface area contributed by atoms with E-state index in [1.54, 1.807) is 7.11 Å². The van der Waals surface area contributed by atoms with Crippen LogP contribution in [0.4, 0.5) is 0 Å². The third kappa shape index (κ3) is 3.57. The quantitative estimate of drug-likeness (QED) is 0.849. The van der Waals surface area contributed by atoms with Gasteiger partial charge >= 0.3 is 0 Å². The average Bonchev–Trinajstić information content (AvgIpc) is 2.55. The van der Waals surface area contributed by atoms with Gasteiger partial charge in [0.15, 0.2) is 0 Å². The lowest BCUT2D eigenvalue weighted by molar-refractivity contribution is -0.00273. The fraction of sp³-hybridized carbons (Fsp3) is 0.500. The molecule has 0 spiro atoms. The Labute approximate surface area is 132 Å². The van der Waals surface area contributed by atoms with Gasteiger partial charge in [0.2, 0.25) is 0 Å². The Balaban J connectivity index is 1.70. The summed E-state index contributed by atoms with van der Waals surface area (Å²) in [4.78, 5) is 7.06. The predicted octanol–water partition coefficient (Wildman–Crippen LogP) is 3.24. The summed E-state index contributed by atoms with van der Waals surface area (Å²) in [6.07, 6.45) is 4.02. The monoisotopic (exact) mass is 300 g/mol. The smallest absolute Gasteiger partial charge is 0.145 e. The lowest BCUT2D eigenvalue weighted by atomic mass is 10.1. The fourth-order valence-electron chi connectivity index (χ4n) is 3.05. The van der Waals surface area contributed by atoms with Crippen LogP contribution in [0.25, 0.3) is 10.9 Å². The van der Waals surface area contributed by atoms with E-state index in [4.69, 9.17) is 14.5 Å². The Morgan fingerprint density at radius 3 is 2.95 bits per heavy atom. The highest BCUT2D eigenvalue weighted by molar-refractivity contribution is 5.84. The summed E-state index contributed by atoms with van der Waals surface area (Å²) in [7, 11) is 3.82. The first-order valence-corrected chi connectivity index (χ1v) is 7.99. The highest BCUT2D eigenvalue weighted by Crippen LogP contribution is 2.24. The van der Waals surface area contributed by atoms with E-state index in [2.05, 4.69) is 30.1 Å². The predicted molar refractivity (Wildman–Crippen MR) is 88.2 cm³/mol. The minimum Gasteiger partial charge on any atom is -0.494 e. The molecule has 1 saturated heterocycles. The van der Waals surface area contributed by atoms with E-state index in [-0.39, 0.29) is 0 Å². The van der Waals surface area contributed by atoms with Gasteiger partial charge in [-0.2, -0.15) is 0 Å². The standard InChI is InChI=1S/C18H24N2O2/c1-20(13-16-7-3-4-11-22-16)12-15-10-9-14-6-5-8-17(21-2)18(14)19-15/h5-6,8-10,16H,3-4,7,11-13H2,1-2H3. The van der Waals surface area contributed by atoms with Crippen molar-refractivity contribution in [3.8, 4) is 5.75 Å². The van der Waals surface area contributed by atoms with Crippen molar-refractivity contribution in [2.24, 2.45) is 0 Å². The van der Waals surface area contributed by atoms with E-state index in [1.807, 2.05) is 12.1 Å². The summed E-state index contributed by atoms with van der Waals surface area (Å²) >= 11 is 0. The Hall–Kier alpha value is -1.65. The molecule has 0 radical (unpaired) electrons. The number of rotatable bonds is 5. The van der Waals surface area contributed by atoms with Crippen LogP contribution >= 0.6 is 0 Å². The maximum atomic E-state index is 5.81. The van der Waals surface area contributed by atoms with Crippen LogP contribution in [0, 0.1) is 0 Å². The van der Waals surface area contributed by atoms with Crippen molar-refractivity contribution in [2.45, 2.75) is 31.9 Å². The van der Waals surface area contributed by atoms with Gasteiger partial charge in [-0.15, -0.1) is 0 Å². The molecule has 118 valence electrons. The Bertz CT molecular complexity index is 624. The van der Waals surface area contributed by atoms with Crippen LogP contribution in [0.1, 0.15) is 25.0 Å². The summed E-state index contributed by atoms with van der Waals surface area (Å²) in [6, 6.07) is 10.2. The van der Waals surface area contributed by atoms with Crippen molar-refractivity contribution >= 4 is 10.9 Å². The third-order valence-electron chi connectivity index (χ3n) is 4.18. The number of pyridine rings is 1. The molecule has 0 aliphatic carbocycles. The van der Waals surface area contributed by atoms with Crippen molar-refractivity contribution in [3.63, 3.8) is 0 Å². The lowest BCUT2D eigenvalue weighted by Gasteiger charge is -2.27. The van der Waals surface area contributed by atoms with Gasteiger partial charge in [-0.25, -0.2) is 4.98 Å².